The minimum Gasteiger partial charge on any atom is -0.493 e. The number of amides is 2. The summed E-state index contributed by atoms with van der Waals surface area (Å²) < 4.78 is 15.7. The molecule has 0 aliphatic rings. The van der Waals surface area contributed by atoms with Gasteiger partial charge in [-0.3, -0.25) is 20.4 Å². The minimum absolute atomic E-state index is 0.322. The summed E-state index contributed by atoms with van der Waals surface area (Å²) in [6.07, 6.45) is 2.61. The number of rotatable bonds is 8. The molecule has 0 bridgehead atoms. The van der Waals surface area contributed by atoms with Gasteiger partial charge in [0.25, 0.3) is 5.91 Å². The zero-order chi connectivity index (χ0) is 20.4. The quantitative estimate of drug-likeness (QED) is 0.395. The van der Waals surface area contributed by atoms with Crippen LogP contribution in [0.15, 0.2) is 18.2 Å². The summed E-state index contributed by atoms with van der Waals surface area (Å²) in [6.45, 7) is 5.21. The van der Waals surface area contributed by atoms with Crippen molar-refractivity contribution in [3.05, 3.63) is 28.8 Å². The van der Waals surface area contributed by atoms with Crippen LogP contribution in [0.5, 0.6) is 11.5 Å². The SMILES string of the molecule is COc1cc(/C=C/C(=O)OCC(=O)NNC(C)=O)cc(Cl)c1OCC(C)C. The van der Waals surface area contributed by atoms with E-state index in [2.05, 4.69) is 10.9 Å². The lowest BCUT2D eigenvalue weighted by Gasteiger charge is -2.14. The van der Waals surface area contributed by atoms with Crippen LogP contribution in [0.4, 0.5) is 0 Å². The van der Waals surface area contributed by atoms with E-state index in [-0.39, 0.29) is 0 Å². The van der Waals surface area contributed by atoms with E-state index >= 15 is 0 Å². The van der Waals surface area contributed by atoms with Gasteiger partial charge in [-0.1, -0.05) is 25.4 Å². The van der Waals surface area contributed by atoms with Gasteiger partial charge >= 0.3 is 5.97 Å². The number of methoxy groups -OCH3 is 1. The molecule has 0 fully saturated rings. The Morgan fingerprint density at radius 2 is 1.93 bits per heavy atom. The fraction of sp³-hybridized carbons (Fsp3) is 0.389. The molecule has 1 aromatic carbocycles. The monoisotopic (exact) mass is 398 g/mol. The summed E-state index contributed by atoms with van der Waals surface area (Å²) in [6, 6.07) is 3.28. The van der Waals surface area contributed by atoms with Gasteiger partial charge in [0.1, 0.15) is 0 Å². The Bertz CT molecular complexity index is 718. The van der Waals surface area contributed by atoms with Crippen LogP contribution in [0.3, 0.4) is 0 Å². The number of hydrogen-bond acceptors (Lipinski definition) is 6. The summed E-state index contributed by atoms with van der Waals surface area (Å²) >= 11 is 6.23. The Morgan fingerprint density at radius 1 is 1.22 bits per heavy atom. The van der Waals surface area contributed by atoms with Crippen molar-refractivity contribution in [2.75, 3.05) is 20.3 Å². The highest BCUT2D eigenvalue weighted by molar-refractivity contribution is 6.32. The zero-order valence-corrected chi connectivity index (χ0v) is 16.4. The third kappa shape index (κ3) is 8.46. The van der Waals surface area contributed by atoms with Crippen LogP contribution in [0.1, 0.15) is 26.3 Å². The van der Waals surface area contributed by atoms with Crippen LogP contribution >= 0.6 is 11.6 Å². The first-order valence-electron chi connectivity index (χ1n) is 8.13. The normalized spacial score (nSPS) is 10.6. The number of ether oxygens (including phenoxy) is 3. The number of benzene rings is 1. The number of hydrogen-bond donors (Lipinski definition) is 2. The summed E-state index contributed by atoms with van der Waals surface area (Å²) in [7, 11) is 1.49. The van der Waals surface area contributed by atoms with Crippen LogP contribution in [0.2, 0.25) is 5.02 Å². The molecule has 0 aromatic heterocycles. The topological polar surface area (TPSA) is 103 Å². The Kier molecular flexibility index (Phi) is 9.15. The van der Waals surface area contributed by atoms with Crippen LogP contribution in [0, 0.1) is 5.92 Å². The maximum atomic E-state index is 11.7. The van der Waals surface area contributed by atoms with E-state index in [1.807, 2.05) is 13.8 Å². The van der Waals surface area contributed by atoms with Crippen molar-refractivity contribution in [3.8, 4) is 11.5 Å². The summed E-state index contributed by atoms with van der Waals surface area (Å²) in [5, 5.41) is 0.345. The van der Waals surface area contributed by atoms with Gasteiger partial charge in [-0.05, 0) is 29.7 Å². The average Bonchev–Trinajstić information content (AvgIpc) is 2.61. The molecule has 8 nitrogen and oxygen atoms in total. The molecule has 9 heteroatoms. The standard InChI is InChI=1S/C18H23ClN2O6/c1-11(2)9-27-18-14(19)7-13(8-15(18)25-4)5-6-17(24)26-10-16(23)21-20-12(3)22/h5-8,11H,9-10H2,1-4H3,(H,20,22)(H,21,23)/b6-5+. The van der Waals surface area contributed by atoms with E-state index in [9.17, 15) is 14.4 Å². The number of esters is 1. The fourth-order valence-electron chi connectivity index (χ4n) is 1.77. The lowest BCUT2D eigenvalue weighted by molar-refractivity contribution is -0.144. The van der Waals surface area contributed by atoms with E-state index in [0.29, 0.717) is 34.6 Å². The van der Waals surface area contributed by atoms with Gasteiger partial charge in [0.15, 0.2) is 18.1 Å². The maximum absolute atomic E-state index is 11.7. The molecular weight excluding hydrogens is 376 g/mol. The van der Waals surface area contributed by atoms with Gasteiger partial charge in [0.05, 0.1) is 18.7 Å². The third-order valence-electron chi connectivity index (χ3n) is 2.95. The van der Waals surface area contributed by atoms with Crippen molar-refractivity contribution in [1.29, 1.82) is 0 Å². The molecule has 148 valence electrons. The molecule has 2 N–H and O–H groups in total. The highest BCUT2D eigenvalue weighted by atomic mass is 35.5. The molecule has 1 aromatic rings. The van der Waals surface area contributed by atoms with E-state index in [0.717, 1.165) is 6.08 Å². The zero-order valence-electron chi connectivity index (χ0n) is 15.6. The lowest BCUT2D eigenvalue weighted by Crippen LogP contribution is -2.42. The summed E-state index contributed by atoms with van der Waals surface area (Å²) in [5.41, 5.74) is 4.74. The van der Waals surface area contributed by atoms with Gasteiger partial charge in [0.2, 0.25) is 5.91 Å². The second-order valence-electron chi connectivity index (χ2n) is 5.91. The number of nitrogens with one attached hydrogen (secondary N) is 2. The second-order valence-corrected chi connectivity index (χ2v) is 6.32. The van der Waals surface area contributed by atoms with Crippen molar-refractivity contribution in [3.63, 3.8) is 0 Å². The maximum Gasteiger partial charge on any atom is 0.331 e. The molecule has 1 rings (SSSR count). The van der Waals surface area contributed by atoms with E-state index in [4.69, 9.17) is 25.8 Å². The van der Waals surface area contributed by atoms with Crippen molar-refractivity contribution in [2.24, 2.45) is 5.92 Å². The highest BCUT2D eigenvalue weighted by Gasteiger charge is 2.12. The molecule has 0 saturated heterocycles. The second kappa shape index (κ2) is 11.1. The van der Waals surface area contributed by atoms with Crippen LogP contribution < -0.4 is 20.3 Å². The summed E-state index contributed by atoms with van der Waals surface area (Å²) in [4.78, 5) is 33.7. The van der Waals surface area contributed by atoms with Crippen LogP contribution in [-0.2, 0) is 19.1 Å². The lowest BCUT2D eigenvalue weighted by atomic mass is 10.2. The van der Waals surface area contributed by atoms with E-state index in [1.54, 1.807) is 12.1 Å². The Labute approximate surface area is 162 Å². The molecular formula is C18H23ClN2O6. The first-order valence-corrected chi connectivity index (χ1v) is 8.51. The first kappa shape index (κ1) is 22.3. The van der Waals surface area contributed by atoms with Crippen LogP contribution in [-0.4, -0.2) is 38.1 Å². The van der Waals surface area contributed by atoms with Crippen molar-refractivity contribution >= 4 is 35.5 Å². The number of halogens is 1. The number of carbonyl (C=O) groups excluding carboxylic acids is 3. The predicted molar refractivity (Wildman–Crippen MR) is 100 cm³/mol. The molecule has 0 atom stereocenters. The predicted octanol–water partition coefficient (Wildman–Crippen LogP) is 2.11. The minimum atomic E-state index is -0.733. The number of carbonyl (C=O) groups is 3. The third-order valence-corrected chi connectivity index (χ3v) is 3.23. The Hall–Kier alpha value is -2.74. The summed E-state index contributed by atoms with van der Waals surface area (Å²) in [5.74, 6) is -0.649. The average molecular weight is 399 g/mol. The van der Waals surface area contributed by atoms with Gasteiger partial charge in [0, 0.05) is 13.0 Å². The fourth-order valence-corrected chi connectivity index (χ4v) is 2.04. The van der Waals surface area contributed by atoms with Gasteiger partial charge in [-0.15, -0.1) is 0 Å². The molecule has 0 radical (unpaired) electrons. The first-order chi connectivity index (χ1) is 12.7. The van der Waals surface area contributed by atoms with Crippen molar-refractivity contribution < 1.29 is 28.6 Å². The van der Waals surface area contributed by atoms with Crippen molar-refractivity contribution in [1.82, 2.24) is 10.9 Å². The molecule has 2 amide bonds. The Balaban J connectivity index is 2.69. The highest BCUT2D eigenvalue weighted by Crippen LogP contribution is 2.37. The smallest absolute Gasteiger partial charge is 0.331 e. The molecule has 0 aliphatic carbocycles. The molecule has 0 unspecified atom stereocenters. The van der Waals surface area contributed by atoms with Gasteiger partial charge < -0.3 is 14.2 Å². The van der Waals surface area contributed by atoms with E-state index in [1.165, 1.54) is 20.1 Å². The molecule has 0 saturated carbocycles. The Morgan fingerprint density at radius 3 is 2.52 bits per heavy atom. The van der Waals surface area contributed by atoms with Gasteiger partial charge in [-0.25, -0.2) is 4.79 Å². The molecule has 27 heavy (non-hydrogen) atoms. The molecule has 0 aliphatic heterocycles. The largest absolute Gasteiger partial charge is 0.493 e. The molecule has 0 spiro atoms. The van der Waals surface area contributed by atoms with Crippen LogP contribution in [0.25, 0.3) is 6.08 Å². The molecule has 0 heterocycles. The van der Waals surface area contributed by atoms with Crippen molar-refractivity contribution in [2.45, 2.75) is 20.8 Å². The van der Waals surface area contributed by atoms with E-state index < -0.39 is 24.4 Å². The number of hydrazine groups is 1. The van der Waals surface area contributed by atoms with Gasteiger partial charge in [-0.2, -0.15) is 0 Å².